The number of nitrogens with one attached hydrogen (secondary N) is 2. The van der Waals surface area contributed by atoms with E-state index in [1.807, 2.05) is 0 Å². The van der Waals surface area contributed by atoms with Gasteiger partial charge in [0.05, 0.1) is 24.9 Å². The van der Waals surface area contributed by atoms with Gasteiger partial charge >= 0.3 is 5.97 Å². The molecule has 0 aliphatic rings. The summed E-state index contributed by atoms with van der Waals surface area (Å²) < 4.78 is 7.60. The number of carbonyl (C=O) groups excluding carboxylic acids is 2. The number of nitrogens with zero attached hydrogens (tertiary/aromatic N) is 5. The zero-order valence-corrected chi connectivity index (χ0v) is 15.1. The molecule has 3 rings (SSSR count). The molecule has 0 radical (unpaired) electrons. The lowest BCUT2D eigenvalue weighted by atomic mass is 10.3. The van der Waals surface area contributed by atoms with E-state index >= 15 is 0 Å². The Kier molecular flexibility index (Phi) is 5.01. The molecule has 3 heterocycles. The van der Waals surface area contributed by atoms with Gasteiger partial charge in [-0.3, -0.25) is 24.0 Å². The molecule has 3 aromatic heterocycles. The van der Waals surface area contributed by atoms with Gasteiger partial charge in [-0.05, 0) is 13.8 Å². The molecule has 0 fully saturated rings. The molecule has 0 saturated carbocycles. The number of ether oxygens (including phenoxy) is 1. The van der Waals surface area contributed by atoms with Gasteiger partial charge in [-0.1, -0.05) is 0 Å². The zero-order chi connectivity index (χ0) is 19.6. The molecule has 11 nitrogen and oxygen atoms in total. The monoisotopic (exact) mass is 373 g/mol. The van der Waals surface area contributed by atoms with Crippen LogP contribution in [0.3, 0.4) is 0 Å². The number of amides is 1. The van der Waals surface area contributed by atoms with Crippen molar-refractivity contribution in [2.75, 3.05) is 11.9 Å². The lowest BCUT2D eigenvalue weighted by Gasteiger charge is -2.08. The number of hydrogen-bond donors (Lipinski definition) is 2. The first-order chi connectivity index (χ1) is 12.9. The summed E-state index contributed by atoms with van der Waals surface area (Å²) in [5.74, 6) is -0.353. The van der Waals surface area contributed by atoms with Gasteiger partial charge in [0.1, 0.15) is 11.2 Å². The Bertz CT molecular complexity index is 1060. The molecule has 1 amide bonds. The van der Waals surface area contributed by atoms with E-state index in [0.717, 1.165) is 0 Å². The number of anilines is 1. The minimum absolute atomic E-state index is 0.0249. The maximum absolute atomic E-state index is 12.2. The maximum Gasteiger partial charge on any atom is 0.306 e. The normalized spacial score (nSPS) is 10.9. The van der Waals surface area contributed by atoms with Crippen molar-refractivity contribution in [3.05, 3.63) is 28.3 Å². The fourth-order valence-electron chi connectivity index (χ4n) is 2.53. The molecule has 0 bridgehead atoms. The maximum atomic E-state index is 12.2. The first-order valence-electron chi connectivity index (χ1n) is 8.33. The molecule has 0 spiro atoms. The second-order valence-electron chi connectivity index (χ2n) is 5.83. The third kappa shape index (κ3) is 3.86. The third-order valence-corrected chi connectivity index (χ3v) is 3.75. The molecule has 27 heavy (non-hydrogen) atoms. The molecular formula is C16H19N7O4. The predicted octanol–water partition coefficient (Wildman–Crippen LogP) is 0.433. The van der Waals surface area contributed by atoms with Gasteiger partial charge in [-0.2, -0.15) is 19.9 Å². The number of rotatable bonds is 6. The summed E-state index contributed by atoms with van der Waals surface area (Å²) in [6.45, 7) is 3.71. The van der Waals surface area contributed by atoms with Crippen molar-refractivity contribution >= 4 is 28.7 Å². The summed E-state index contributed by atoms with van der Waals surface area (Å²) in [4.78, 5) is 42.8. The Morgan fingerprint density at radius 2 is 2.11 bits per heavy atom. The first-order valence-corrected chi connectivity index (χ1v) is 8.33. The molecule has 142 valence electrons. The van der Waals surface area contributed by atoms with Crippen molar-refractivity contribution < 1.29 is 14.3 Å². The topological polar surface area (TPSA) is 137 Å². The fourth-order valence-corrected chi connectivity index (χ4v) is 2.53. The molecule has 0 saturated heterocycles. The van der Waals surface area contributed by atoms with Gasteiger partial charge in [0, 0.05) is 19.5 Å². The van der Waals surface area contributed by atoms with Crippen LogP contribution in [0.25, 0.3) is 17.0 Å². The standard InChI is InChI=1S/C16H19N7O4/c1-4-27-13(25)6-5-12(24)18-11-7-9(2)21-23(11)16-19-14-10(15(26)20-16)8-17-22(14)3/h7-8H,4-6H2,1-3H3,(H,18,24)(H,19,20,26). The summed E-state index contributed by atoms with van der Waals surface area (Å²) >= 11 is 0. The molecule has 11 heteroatoms. The summed E-state index contributed by atoms with van der Waals surface area (Å²) in [7, 11) is 1.67. The number of H-pyrrole nitrogens is 1. The van der Waals surface area contributed by atoms with Crippen LogP contribution in [0.5, 0.6) is 0 Å². The number of esters is 1. The highest BCUT2D eigenvalue weighted by molar-refractivity contribution is 5.92. The highest BCUT2D eigenvalue weighted by Gasteiger charge is 2.16. The Morgan fingerprint density at radius 3 is 2.85 bits per heavy atom. The number of carbonyl (C=O) groups is 2. The van der Waals surface area contributed by atoms with Crippen LogP contribution < -0.4 is 10.9 Å². The van der Waals surface area contributed by atoms with Gasteiger partial charge in [0.25, 0.3) is 5.56 Å². The molecule has 0 atom stereocenters. The summed E-state index contributed by atoms with van der Waals surface area (Å²) in [6.07, 6.45) is 1.37. The Labute approximate surface area is 153 Å². The highest BCUT2D eigenvalue weighted by atomic mass is 16.5. The highest BCUT2D eigenvalue weighted by Crippen LogP contribution is 2.16. The second kappa shape index (κ2) is 7.40. The number of fused-ring (bicyclic) bond motifs is 1. The van der Waals surface area contributed by atoms with Crippen LogP contribution in [-0.4, -0.2) is 48.0 Å². The third-order valence-electron chi connectivity index (χ3n) is 3.75. The van der Waals surface area contributed by atoms with Crippen LogP contribution in [0.1, 0.15) is 25.5 Å². The van der Waals surface area contributed by atoms with Crippen LogP contribution in [0, 0.1) is 6.92 Å². The van der Waals surface area contributed by atoms with E-state index in [1.165, 1.54) is 15.6 Å². The van der Waals surface area contributed by atoms with E-state index in [0.29, 0.717) is 22.5 Å². The lowest BCUT2D eigenvalue weighted by molar-refractivity contribution is -0.144. The van der Waals surface area contributed by atoms with Crippen molar-refractivity contribution in [3.63, 3.8) is 0 Å². The number of aryl methyl sites for hydroxylation is 2. The molecule has 2 N–H and O–H groups in total. The quantitative estimate of drug-likeness (QED) is 0.598. The minimum atomic E-state index is -0.440. The number of aromatic amines is 1. The van der Waals surface area contributed by atoms with E-state index in [9.17, 15) is 14.4 Å². The van der Waals surface area contributed by atoms with Gasteiger partial charge in [0.15, 0.2) is 5.65 Å². The Hall–Kier alpha value is -3.50. The van der Waals surface area contributed by atoms with Crippen LogP contribution in [0.2, 0.25) is 0 Å². The molecule has 0 aromatic carbocycles. The van der Waals surface area contributed by atoms with Crippen molar-refractivity contribution in [1.29, 1.82) is 0 Å². The average Bonchev–Trinajstić information content (AvgIpc) is 3.16. The zero-order valence-electron chi connectivity index (χ0n) is 15.1. The van der Waals surface area contributed by atoms with Gasteiger partial charge < -0.3 is 10.1 Å². The van der Waals surface area contributed by atoms with E-state index in [1.54, 1.807) is 27.0 Å². The van der Waals surface area contributed by atoms with Crippen LogP contribution in [0.4, 0.5) is 5.82 Å². The van der Waals surface area contributed by atoms with E-state index in [2.05, 4.69) is 25.5 Å². The average molecular weight is 373 g/mol. The van der Waals surface area contributed by atoms with Crippen LogP contribution in [-0.2, 0) is 21.4 Å². The smallest absolute Gasteiger partial charge is 0.306 e. The Morgan fingerprint density at radius 1 is 1.33 bits per heavy atom. The lowest BCUT2D eigenvalue weighted by Crippen LogP contribution is -2.19. The van der Waals surface area contributed by atoms with Crippen molar-refractivity contribution in [2.24, 2.45) is 7.05 Å². The molecular weight excluding hydrogens is 354 g/mol. The number of aromatic nitrogens is 6. The molecule has 3 aromatic rings. The van der Waals surface area contributed by atoms with Gasteiger partial charge in [-0.25, -0.2) is 0 Å². The summed E-state index contributed by atoms with van der Waals surface area (Å²) in [5.41, 5.74) is 0.640. The predicted molar refractivity (Wildman–Crippen MR) is 95.5 cm³/mol. The van der Waals surface area contributed by atoms with Crippen molar-refractivity contribution in [3.8, 4) is 5.95 Å². The van der Waals surface area contributed by atoms with Gasteiger partial charge in [0.2, 0.25) is 11.9 Å². The van der Waals surface area contributed by atoms with Crippen molar-refractivity contribution in [1.82, 2.24) is 29.5 Å². The molecule has 0 aliphatic heterocycles. The summed E-state index contributed by atoms with van der Waals surface area (Å²) in [6, 6.07) is 1.63. The van der Waals surface area contributed by atoms with Crippen LogP contribution >= 0.6 is 0 Å². The Balaban J connectivity index is 1.86. The van der Waals surface area contributed by atoms with E-state index < -0.39 is 5.97 Å². The number of hydrogen-bond acceptors (Lipinski definition) is 7. The molecule has 0 aliphatic carbocycles. The van der Waals surface area contributed by atoms with E-state index in [4.69, 9.17) is 4.74 Å². The first kappa shape index (κ1) is 18.3. The fraction of sp³-hybridized carbons (Fsp3) is 0.375. The van der Waals surface area contributed by atoms with Crippen LogP contribution in [0.15, 0.2) is 17.1 Å². The second-order valence-corrected chi connectivity index (χ2v) is 5.83. The van der Waals surface area contributed by atoms with Crippen molar-refractivity contribution in [2.45, 2.75) is 26.7 Å². The SMILES string of the molecule is CCOC(=O)CCC(=O)Nc1cc(C)nn1-c1nc2c(cnn2C)c(=O)[nH]1. The molecule has 0 unspecified atom stereocenters. The van der Waals surface area contributed by atoms with E-state index in [-0.39, 0.29) is 36.9 Å². The largest absolute Gasteiger partial charge is 0.466 e. The minimum Gasteiger partial charge on any atom is -0.466 e. The van der Waals surface area contributed by atoms with Gasteiger partial charge in [-0.15, -0.1) is 0 Å². The summed E-state index contributed by atoms with van der Waals surface area (Å²) in [5, 5.41) is 11.3.